The van der Waals surface area contributed by atoms with Gasteiger partial charge in [0.1, 0.15) is 17.2 Å². The van der Waals surface area contributed by atoms with Crippen molar-refractivity contribution in [3.05, 3.63) is 65.2 Å². The summed E-state index contributed by atoms with van der Waals surface area (Å²) in [6.45, 7) is 2.39. The smallest absolute Gasteiger partial charge is 0.251 e. The summed E-state index contributed by atoms with van der Waals surface area (Å²) in [6, 6.07) is 9.07. The van der Waals surface area contributed by atoms with Gasteiger partial charge in [-0.2, -0.15) is 0 Å². The Balaban J connectivity index is 2.09. The molecular weight excluding hydrogens is 330 g/mol. The number of hydrogen-bond donors (Lipinski definition) is 3. The lowest BCUT2D eigenvalue weighted by Gasteiger charge is -2.24. The number of carbonyl (C=O) groups excluding carboxylic acids is 2. The Morgan fingerprint density at radius 2 is 1.88 bits per heavy atom. The molecule has 0 spiro atoms. The Kier molecular flexibility index (Phi) is 5.48. The van der Waals surface area contributed by atoms with Gasteiger partial charge in [0.15, 0.2) is 0 Å². The van der Waals surface area contributed by atoms with Gasteiger partial charge < -0.3 is 15.7 Å². The van der Waals surface area contributed by atoms with Gasteiger partial charge in [0.2, 0.25) is 5.91 Å². The van der Waals surface area contributed by atoms with E-state index in [9.17, 15) is 23.5 Å². The molecule has 0 bridgehead atoms. The van der Waals surface area contributed by atoms with Crippen LogP contribution >= 0.6 is 0 Å². The summed E-state index contributed by atoms with van der Waals surface area (Å²) in [4.78, 5) is 23.3. The molecule has 132 valence electrons. The van der Waals surface area contributed by atoms with E-state index < -0.39 is 23.1 Å². The van der Waals surface area contributed by atoms with E-state index in [4.69, 9.17) is 0 Å². The van der Waals surface area contributed by atoms with Crippen molar-refractivity contribution in [1.29, 1.82) is 0 Å². The van der Waals surface area contributed by atoms with Crippen molar-refractivity contribution in [3.63, 3.8) is 0 Å². The Morgan fingerprint density at radius 1 is 1.16 bits per heavy atom. The first kappa shape index (κ1) is 18.5. The van der Waals surface area contributed by atoms with Gasteiger partial charge in [0, 0.05) is 29.8 Å². The number of nitrogens with one attached hydrogen (secondary N) is 2. The van der Waals surface area contributed by atoms with Crippen LogP contribution in [0, 0.1) is 11.6 Å². The molecule has 0 aliphatic heterocycles. The quantitative estimate of drug-likeness (QED) is 0.777. The summed E-state index contributed by atoms with van der Waals surface area (Å²) < 4.78 is 26.8. The zero-order chi connectivity index (χ0) is 18.6. The van der Waals surface area contributed by atoms with E-state index in [1.165, 1.54) is 26.0 Å². The molecule has 0 aromatic heterocycles. The predicted molar refractivity (Wildman–Crippen MR) is 89.0 cm³/mol. The lowest BCUT2D eigenvalue weighted by Crippen LogP contribution is -2.39. The molecule has 0 aliphatic carbocycles. The fourth-order valence-electron chi connectivity index (χ4n) is 2.32. The number of amides is 2. The largest absolute Gasteiger partial charge is 0.383 e. The van der Waals surface area contributed by atoms with Crippen molar-refractivity contribution >= 4 is 17.5 Å². The Labute approximate surface area is 143 Å². The normalized spacial score (nSPS) is 13.0. The minimum atomic E-state index is -1.72. The Hall–Kier alpha value is -2.80. The van der Waals surface area contributed by atoms with Crippen molar-refractivity contribution in [1.82, 2.24) is 5.32 Å². The van der Waals surface area contributed by atoms with E-state index in [2.05, 4.69) is 10.6 Å². The highest BCUT2D eigenvalue weighted by molar-refractivity contribution is 5.96. The summed E-state index contributed by atoms with van der Waals surface area (Å²) in [5, 5.41) is 15.4. The van der Waals surface area contributed by atoms with Gasteiger partial charge in [-0.15, -0.1) is 0 Å². The highest BCUT2D eigenvalue weighted by atomic mass is 19.1. The minimum Gasteiger partial charge on any atom is -0.383 e. The van der Waals surface area contributed by atoms with E-state index in [0.717, 1.165) is 12.1 Å². The van der Waals surface area contributed by atoms with E-state index in [1.807, 2.05) is 0 Å². The molecule has 1 atom stereocenters. The summed E-state index contributed by atoms with van der Waals surface area (Å²) in [5.41, 5.74) is -1.12. The predicted octanol–water partition coefficient (Wildman–Crippen LogP) is 2.56. The lowest BCUT2D eigenvalue weighted by atomic mass is 9.95. The van der Waals surface area contributed by atoms with Crippen LogP contribution < -0.4 is 10.6 Å². The first-order valence-electron chi connectivity index (χ1n) is 7.53. The standard InChI is InChI=1S/C18H18F2N2O3/c1-11(23)22-14-5-3-4-12(8-14)17(24)21-10-18(2,25)15-7-6-13(19)9-16(15)20/h3-9,25H,10H2,1-2H3,(H,21,24)(H,22,23). The Bertz CT molecular complexity index is 807. The highest BCUT2D eigenvalue weighted by Crippen LogP contribution is 2.23. The SMILES string of the molecule is CC(=O)Nc1cccc(C(=O)NCC(C)(O)c2ccc(F)cc2F)c1. The zero-order valence-electron chi connectivity index (χ0n) is 13.8. The third-order valence-corrected chi connectivity index (χ3v) is 3.55. The molecule has 25 heavy (non-hydrogen) atoms. The first-order chi connectivity index (χ1) is 11.7. The van der Waals surface area contributed by atoms with Gasteiger partial charge in [-0.05, 0) is 31.2 Å². The van der Waals surface area contributed by atoms with Crippen molar-refractivity contribution in [2.45, 2.75) is 19.4 Å². The van der Waals surface area contributed by atoms with Crippen molar-refractivity contribution < 1.29 is 23.5 Å². The van der Waals surface area contributed by atoms with Gasteiger partial charge >= 0.3 is 0 Å². The maximum atomic E-state index is 13.8. The molecule has 2 aromatic carbocycles. The van der Waals surface area contributed by atoms with E-state index in [0.29, 0.717) is 11.8 Å². The average molecular weight is 348 g/mol. The molecule has 0 aliphatic rings. The maximum absolute atomic E-state index is 13.8. The summed E-state index contributed by atoms with van der Waals surface area (Å²) in [5.74, 6) is -2.43. The topological polar surface area (TPSA) is 78.4 Å². The van der Waals surface area contributed by atoms with E-state index in [1.54, 1.807) is 12.1 Å². The second-order valence-electron chi connectivity index (χ2n) is 5.84. The number of anilines is 1. The van der Waals surface area contributed by atoms with Crippen LogP contribution in [0.4, 0.5) is 14.5 Å². The molecule has 1 unspecified atom stereocenters. The lowest BCUT2D eigenvalue weighted by molar-refractivity contribution is -0.114. The van der Waals surface area contributed by atoms with Crippen LogP contribution in [0.2, 0.25) is 0 Å². The molecule has 0 saturated heterocycles. The van der Waals surface area contributed by atoms with Crippen molar-refractivity contribution in [2.24, 2.45) is 0 Å². The average Bonchev–Trinajstić information content (AvgIpc) is 2.52. The van der Waals surface area contributed by atoms with Gasteiger partial charge in [-0.3, -0.25) is 9.59 Å². The van der Waals surface area contributed by atoms with Crippen molar-refractivity contribution in [2.75, 3.05) is 11.9 Å². The molecule has 3 N–H and O–H groups in total. The monoisotopic (exact) mass is 348 g/mol. The fourth-order valence-corrected chi connectivity index (χ4v) is 2.32. The number of rotatable bonds is 5. The first-order valence-corrected chi connectivity index (χ1v) is 7.53. The number of benzene rings is 2. The third-order valence-electron chi connectivity index (χ3n) is 3.55. The Morgan fingerprint density at radius 3 is 2.52 bits per heavy atom. The fraction of sp³-hybridized carbons (Fsp3) is 0.222. The van der Waals surface area contributed by atoms with Gasteiger partial charge in [-0.25, -0.2) is 8.78 Å². The van der Waals surface area contributed by atoms with Crippen LogP contribution in [0.3, 0.4) is 0 Å². The van der Waals surface area contributed by atoms with Gasteiger partial charge in [0.05, 0.1) is 6.54 Å². The van der Waals surface area contributed by atoms with Gasteiger partial charge in [0.25, 0.3) is 5.91 Å². The zero-order valence-corrected chi connectivity index (χ0v) is 13.8. The maximum Gasteiger partial charge on any atom is 0.251 e. The third kappa shape index (κ3) is 4.84. The van der Waals surface area contributed by atoms with E-state index in [-0.39, 0.29) is 23.6 Å². The van der Waals surface area contributed by atoms with Crippen LogP contribution in [-0.4, -0.2) is 23.5 Å². The van der Waals surface area contributed by atoms with Crippen LogP contribution in [0.15, 0.2) is 42.5 Å². The van der Waals surface area contributed by atoms with Gasteiger partial charge in [-0.1, -0.05) is 12.1 Å². The molecule has 5 nitrogen and oxygen atoms in total. The molecular formula is C18H18F2N2O3. The number of aliphatic hydroxyl groups is 1. The molecule has 2 amide bonds. The number of hydrogen-bond acceptors (Lipinski definition) is 3. The van der Waals surface area contributed by atoms with Crippen molar-refractivity contribution in [3.8, 4) is 0 Å². The van der Waals surface area contributed by atoms with Crippen LogP contribution in [-0.2, 0) is 10.4 Å². The molecule has 2 aromatic rings. The second kappa shape index (κ2) is 7.40. The summed E-state index contributed by atoms with van der Waals surface area (Å²) >= 11 is 0. The molecule has 2 rings (SSSR count). The van der Waals surface area contributed by atoms with Crippen LogP contribution in [0.25, 0.3) is 0 Å². The number of halogens is 2. The van der Waals surface area contributed by atoms with Crippen LogP contribution in [0.5, 0.6) is 0 Å². The molecule has 7 heteroatoms. The minimum absolute atomic E-state index is 0.124. The molecule has 0 fully saturated rings. The molecule has 0 radical (unpaired) electrons. The summed E-state index contributed by atoms with van der Waals surface area (Å²) in [7, 11) is 0. The second-order valence-corrected chi connectivity index (χ2v) is 5.84. The van der Waals surface area contributed by atoms with Crippen LogP contribution in [0.1, 0.15) is 29.8 Å². The highest BCUT2D eigenvalue weighted by Gasteiger charge is 2.27. The molecule has 0 saturated carbocycles. The molecule has 0 heterocycles. The summed E-state index contributed by atoms with van der Waals surface area (Å²) in [6.07, 6.45) is 0. The van der Waals surface area contributed by atoms with E-state index >= 15 is 0 Å². The number of carbonyl (C=O) groups is 2.